The lowest BCUT2D eigenvalue weighted by molar-refractivity contribution is 0.568. The van der Waals surface area contributed by atoms with E-state index in [0.717, 1.165) is 22.6 Å². The number of nitrogens with zero attached hydrogens (tertiary/aromatic N) is 2. The van der Waals surface area contributed by atoms with Gasteiger partial charge in [-0.1, -0.05) is 12.1 Å². The van der Waals surface area contributed by atoms with Crippen LogP contribution in [0.1, 0.15) is 29.9 Å². The molecule has 1 atom stereocenters. The molecule has 0 fully saturated rings. The highest BCUT2D eigenvalue weighted by molar-refractivity contribution is 7.87. The van der Waals surface area contributed by atoms with E-state index < -0.39 is 10.2 Å². The summed E-state index contributed by atoms with van der Waals surface area (Å²) < 4.78 is 26.2. The van der Waals surface area contributed by atoms with Crippen molar-refractivity contribution < 1.29 is 8.42 Å². The number of rotatable bonds is 4. The van der Waals surface area contributed by atoms with Crippen molar-refractivity contribution in [3.63, 3.8) is 0 Å². The van der Waals surface area contributed by atoms with Gasteiger partial charge in [0.2, 0.25) is 0 Å². The molecule has 0 saturated carbocycles. The molecule has 0 aliphatic heterocycles. The summed E-state index contributed by atoms with van der Waals surface area (Å²) in [5.41, 5.74) is 3.77. The van der Waals surface area contributed by atoms with Crippen molar-refractivity contribution in [1.82, 2.24) is 14.5 Å². The first-order valence-corrected chi connectivity index (χ1v) is 7.74. The van der Waals surface area contributed by atoms with Crippen LogP contribution in [0.4, 0.5) is 0 Å². The van der Waals surface area contributed by atoms with E-state index in [1.807, 2.05) is 48.9 Å². The summed E-state index contributed by atoms with van der Waals surface area (Å²) in [4.78, 5) is 0. The van der Waals surface area contributed by atoms with Gasteiger partial charge < -0.3 is 0 Å². The van der Waals surface area contributed by atoms with Crippen molar-refractivity contribution in [3.8, 4) is 5.69 Å². The van der Waals surface area contributed by atoms with Crippen molar-refractivity contribution in [3.05, 3.63) is 47.3 Å². The molecule has 0 radical (unpaired) electrons. The lowest BCUT2D eigenvalue weighted by Crippen LogP contribution is -2.32. The van der Waals surface area contributed by atoms with Gasteiger partial charge >= 0.3 is 0 Å². The molecule has 6 nitrogen and oxygen atoms in total. The summed E-state index contributed by atoms with van der Waals surface area (Å²) in [5, 5.41) is 9.36. The largest absolute Gasteiger partial charge is 0.274 e. The Bertz CT molecular complexity index is 704. The van der Waals surface area contributed by atoms with Crippen molar-refractivity contribution in [2.45, 2.75) is 26.8 Å². The Kier molecular flexibility index (Phi) is 3.94. The maximum atomic E-state index is 11.0. The second-order valence-electron chi connectivity index (χ2n) is 4.81. The second kappa shape index (κ2) is 5.35. The molecule has 0 amide bonds. The van der Waals surface area contributed by atoms with Crippen molar-refractivity contribution in [2.24, 2.45) is 5.14 Å². The fourth-order valence-electron chi connectivity index (χ4n) is 2.11. The summed E-state index contributed by atoms with van der Waals surface area (Å²) in [7, 11) is -3.70. The minimum Gasteiger partial charge on any atom is -0.238 e. The van der Waals surface area contributed by atoms with Gasteiger partial charge in [0.05, 0.1) is 11.4 Å². The van der Waals surface area contributed by atoms with E-state index in [9.17, 15) is 8.42 Å². The van der Waals surface area contributed by atoms with Gasteiger partial charge in [0.1, 0.15) is 0 Å². The Balaban J connectivity index is 2.24. The quantitative estimate of drug-likeness (QED) is 0.891. The standard InChI is InChI=1S/C13H18N4O2S/c1-9-8-10(2)17(15-9)13-6-4-12(5-7-13)11(3)16-20(14,18)19/h4-8,11,16H,1-3H3,(H2,14,18,19)/t11-/m0/s1. The fourth-order valence-corrected chi connectivity index (χ4v) is 2.74. The molecule has 0 unspecified atom stereocenters. The van der Waals surface area contributed by atoms with Crippen LogP contribution in [0.15, 0.2) is 30.3 Å². The highest BCUT2D eigenvalue weighted by Crippen LogP contribution is 2.17. The number of nitrogens with one attached hydrogen (secondary N) is 1. The van der Waals surface area contributed by atoms with Crippen LogP contribution in [0.5, 0.6) is 0 Å². The van der Waals surface area contributed by atoms with Crippen LogP contribution < -0.4 is 9.86 Å². The van der Waals surface area contributed by atoms with Crippen LogP contribution in [0, 0.1) is 13.8 Å². The third-order valence-corrected chi connectivity index (χ3v) is 3.67. The third-order valence-electron chi connectivity index (χ3n) is 2.99. The van der Waals surface area contributed by atoms with Crippen LogP contribution in [0.3, 0.4) is 0 Å². The molecule has 0 spiro atoms. The van der Waals surface area contributed by atoms with Crippen LogP contribution >= 0.6 is 0 Å². The molecule has 1 aromatic carbocycles. The molecule has 0 aliphatic rings. The predicted octanol–water partition coefficient (Wildman–Crippen LogP) is 1.34. The predicted molar refractivity (Wildman–Crippen MR) is 77.7 cm³/mol. The topological polar surface area (TPSA) is 90.0 Å². The Hall–Kier alpha value is -1.70. The molecule has 2 rings (SSSR count). The first-order chi connectivity index (χ1) is 9.26. The van der Waals surface area contributed by atoms with Gasteiger partial charge in [-0.2, -0.15) is 18.2 Å². The van der Waals surface area contributed by atoms with E-state index in [1.54, 1.807) is 6.92 Å². The van der Waals surface area contributed by atoms with Crippen molar-refractivity contribution in [1.29, 1.82) is 0 Å². The van der Waals surface area contributed by atoms with Crippen LogP contribution in [0.2, 0.25) is 0 Å². The molecular weight excluding hydrogens is 276 g/mol. The molecular formula is C13H18N4O2S. The zero-order valence-electron chi connectivity index (χ0n) is 11.7. The van der Waals surface area contributed by atoms with Crippen LogP contribution in [-0.2, 0) is 10.2 Å². The van der Waals surface area contributed by atoms with Gasteiger partial charge in [-0.05, 0) is 44.5 Å². The van der Waals surface area contributed by atoms with Gasteiger partial charge in [0.25, 0.3) is 10.2 Å². The van der Waals surface area contributed by atoms with Crippen LogP contribution in [0.25, 0.3) is 5.69 Å². The molecule has 1 heterocycles. The number of hydrogen-bond acceptors (Lipinski definition) is 3. The molecule has 7 heteroatoms. The van der Waals surface area contributed by atoms with Crippen molar-refractivity contribution >= 4 is 10.2 Å². The number of aromatic nitrogens is 2. The lowest BCUT2D eigenvalue weighted by Gasteiger charge is -2.13. The van der Waals surface area contributed by atoms with E-state index in [-0.39, 0.29) is 6.04 Å². The molecule has 1 aromatic heterocycles. The molecule has 2 aromatic rings. The van der Waals surface area contributed by atoms with Gasteiger partial charge in [0, 0.05) is 11.7 Å². The zero-order valence-corrected chi connectivity index (χ0v) is 12.5. The lowest BCUT2D eigenvalue weighted by atomic mass is 10.1. The first-order valence-electron chi connectivity index (χ1n) is 6.20. The van der Waals surface area contributed by atoms with E-state index in [4.69, 9.17) is 5.14 Å². The maximum absolute atomic E-state index is 11.0. The summed E-state index contributed by atoms with van der Waals surface area (Å²) in [6, 6.07) is 9.13. The molecule has 20 heavy (non-hydrogen) atoms. The zero-order chi connectivity index (χ0) is 14.9. The van der Waals surface area contributed by atoms with Gasteiger partial charge in [-0.15, -0.1) is 0 Å². The van der Waals surface area contributed by atoms with E-state index in [0.29, 0.717) is 0 Å². The van der Waals surface area contributed by atoms with Gasteiger partial charge in [-0.25, -0.2) is 9.82 Å². The minimum absolute atomic E-state index is 0.375. The molecule has 0 saturated heterocycles. The summed E-state index contributed by atoms with van der Waals surface area (Å²) in [6.45, 7) is 5.66. The molecule has 0 aliphatic carbocycles. The molecule has 3 N–H and O–H groups in total. The smallest absolute Gasteiger partial charge is 0.238 e. The van der Waals surface area contributed by atoms with E-state index in [2.05, 4.69) is 9.82 Å². The minimum atomic E-state index is -3.70. The summed E-state index contributed by atoms with van der Waals surface area (Å²) >= 11 is 0. The highest BCUT2D eigenvalue weighted by atomic mass is 32.2. The third kappa shape index (κ3) is 3.44. The average Bonchev–Trinajstić information content (AvgIpc) is 2.66. The molecule has 108 valence electrons. The van der Waals surface area contributed by atoms with Gasteiger partial charge in [0.15, 0.2) is 0 Å². The molecule has 0 bridgehead atoms. The highest BCUT2D eigenvalue weighted by Gasteiger charge is 2.11. The number of aryl methyl sites for hydroxylation is 2. The Morgan fingerprint density at radius 1 is 1.25 bits per heavy atom. The number of nitrogens with two attached hydrogens (primary N) is 1. The summed E-state index contributed by atoms with van der Waals surface area (Å²) in [5.74, 6) is 0. The monoisotopic (exact) mass is 294 g/mol. The normalized spacial score (nSPS) is 13.4. The Morgan fingerprint density at radius 3 is 2.30 bits per heavy atom. The van der Waals surface area contributed by atoms with E-state index in [1.165, 1.54) is 0 Å². The fraction of sp³-hybridized carbons (Fsp3) is 0.308. The average molecular weight is 294 g/mol. The van der Waals surface area contributed by atoms with E-state index >= 15 is 0 Å². The first kappa shape index (κ1) is 14.7. The summed E-state index contributed by atoms with van der Waals surface area (Å²) in [6.07, 6.45) is 0. The Labute approximate surface area is 118 Å². The van der Waals surface area contributed by atoms with Gasteiger partial charge in [-0.3, -0.25) is 0 Å². The van der Waals surface area contributed by atoms with Crippen LogP contribution in [-0.4, -0.2) is 18.2 Å². The SMILES string of the molecule is Cc1cc(C)n(-c2ccc([C@H](C)NS(N)(=O)=O)cc2)n1. The number of benzene rings is 1. The maximum Gasteiger partial charge on any atom is 0.274 e. The second-order valence-corrected chi connectivity index (χ2v) is 6.14. The van der Waals surface area contributed by atoms with Crippen molar-refractivity contribution in [2.75, 3.05) is 0 Å². The Morgan fingerprint density at radius 2 is 1.85 bits per heavy atom. The number of hydrogen-bond donors (Lipinski definition) is 2.